The number of nitrogens with one attached hydrogen (secondary N) is 1. The lowest BCUT2D eigenvalue weighted by molar-refractivity contribution is 0.944. The topological polar surface area (TPSA) is 118 Å². The van der Waals surface area contributed by atoms with Gasteiger partial charge in [0.1, 0.15) is 5.82 Å². The smallest absolute Gasteiger partial charge is 0.248 e. The van der Waals surface area contributed by atoms with Gasteiger partial charge in [0.05, 0.1) is 17.3 Å². The van der Waals surface area contributed by atoms with Crippen molar-refractivity contribution < 1.29 is 0 Å². The SMILES string of the molecule is N#Cc1cccc(-c2cc3nc(Nc4ccccn4)nn3c(N)n2)c1. The van der Waals surface area contributed by atoms with E-state index in [1.165, 1.54) is 4.52 Å². The Balaban J connectivity index is 1.75. The summed E-state index contributed by atoms with van der Waals surface area (Å²) in [6.07, 6.45) is 1.67. The number of pyridine rings is 1. The Labute approximate surface area is 142 Å². The van der Waals surface area contributed by atoms with Gasteiger partial charge >= 0.3 is 0 Å². The average Bonchev–Trinajstić information content (AvgIpc) is 3.05. The number of nitrogen functional groups attached to an aromatic ring is 1. The number of nitrogens with two attached hydrogens (primary N) is 1. The predicted octanol–water partition coefficient (Wildman–Crippen LogP) is 2.38. The molecule has 0 fully saturated rings. The maximum Gasteiger partial charge on any atom is 0.248 e. The van der Waals surface area contributed by atoms with Gasteiger partial charge in [0, 0.05) is 17.8 Å². The molecule has 0 saturated heterocycles. The second-order valence-electron chi connectivity index (χ2n) is 5.24. The highest BCUT2D eigenvalue weighted by Crippen LogP contribution is 2.22. The first-order valence-corrected chi connectivity index (χ1v) is 7.45. The number of rotatable bonds is 3. The highest BCUT2D eigenvalue weighted by molar-refractivity contribution is 5.67. The second-order valence-corrected chi connectivity index (χ2v) is 5.24. The molecule has 0 radical (unpaired) electrons. The molecule has 3 heterocycles. The summed E-state index contributed by atoms with van der Waals surface area (Å²) in [4.78, 5) is 12.9. The van der Waals surface area contributed by atoms with Crippen LogP contribution in [0, 0.1) is 11.3 Å². The fourth-order valence-corrected chi connectivity index (χ4v) is 2.41. The Kier molecular flexibility index (Phi) is 3.44. The molecule has 25 heavy (non-hydrogen) atoms. The van der Waals surface area contributed by atoms with Crippen molar-refractivity contribution in [2.24, 2.45) is 0 Å². The van der Waals surface area contributed by atoms with Gasteiger partial charge in [-0.05, 0) is 24.3 Å². The highest BCUT2D eigenvalue weighted by atomic mass is 15.4. The van der Waals surface area contributed by atoms with Crippen molar-refractivity contribution in [3.63, 3.8) is 0 Å². The van der Waals surface area contributed by atoms with Crippen molar-refractivity contribution in [3.05, 3.63) is 60.3 Å². The van der Waals surface area contributed by atoms with Crippen LogP contribution in [0.2, 0.25) is 0 Å². The first-order chi connectivity index (χ1) is 12.2. The van der Waals surface area contributed by atoms with Gasteiger partial charge in [-0.2, -0.15) is 14.8 Å². The van der Waals surface area contributed by atoms with Gasteiger partial charge in [0.2, 0.25) is 11.9 Å². The van der Waals surface area contributed by atoms with E-state index in [0.717, 1.165) is 5.56 Å². The van der Waals surface area contributed by atoms with E-state index in [9.17, 15) is 0 Å². The van der Waals surface area contributed by atoms with E-state index in [0.29, 0.717) is 28.7 Å². The minimum Gasteiger partial charge on any atom is -0.368 e. The van der Waals surface area contributed by atoms with Crippen molar-refractivity contribution >= 4 is 23.4 Å². The number of hydrogen-bond acceptors (Lipinski definition) is 7. The molecule has 0 bridgehead atoms. The summed E-state index contributed by atoms with van der Waals surface area (Å²) < 4.78 is 1.45. The molecule has 8 nitrogen and oxygen atoms in total. The zero-order valence-corrected chi connectivity index (χ0v) is 13.0. The number of nitrogens with zero attached hydrogens (tertiary/aromatic N) is 6. The number of fused-ring (bicyclic) bond motifs is 1. The maximum absolute atomic E-state index is 9.04. The van der Waals surface area contributed by atoms with Crippen LogP contribution in [0.5, 0.6) is 0 Å². The lowest BCUT2D eigenvalue weighted by atomic mass is 10.1. The van der Waals surface area contributed by atoms with Crippen molar-refractivity contribution in [3.8, 4) is 17.3 Å². The zero-order valence-electron chi connectivity index (χ0n) is 13.0. The zero-order chi connectivity index (χ0) is 17.2. The lowest BCUT2D eigenvalue weighted by Gasteiger charge is -2.03. The molecule has 3 aromatic heterocycles. The van der Waals surface area contributed by atoms with Crippen LogP contribution in [0.15, 0.2) is 54.7 Å². The third-order valence-corrected chi connectivity index (χ3v) is 3.54. The summed E-state index contributed by atoms with van der Waals surface area (Å²) in [5, 5.41) is 16.4. The van der Waals surface area contributed by atoms with E-state index in [4.69, 9.17) is 11.0 Å². The average molecular weight is 328 g/mol. The first kappa shape index (κ1) is 14.6. The molecule has 0 amide bonds. The lowest BCUT2D eigenvalue weighted by Crippen LogP contribution is -2.03. The van der Waals surface area contributed by atoms with Crippen molar-refractivity contribution in [1.29, 1.82) is 5.26 Å². The van der Waals surface area contributed by atoms with Gasteiger partial charge in [-0.1, -0.05) is 18.2 Å². The van der Waals surface area contributed by atoms with E-state index in [-0.39, 0.29) is 5.95 Å². The van der Waals surface area contributed by atoms with Crippen LogP contribution in [-0.4, -0.2) is 24.6 Å². The van der Waals surface area contributed by atoms with Gasteiger partial charge in [-0.25, -0.2) is 9.97 Å². The molecule has 3 N–H and O–H groups in total. The number of aromatic nitrogens is 5. The van der Waals surface area contributed by atoms with Crippen molar-refractivity contribution in [2.75, 3.05) is 11.1 Å². The molecule has 0 aliphatic heterocycles. The van der Waals surface area contributed by atoms with Gasteiger partial charge < -0.3 is 11.1 Å². The molecule has 4 aromatic rings. The van der Waals surface area contributed by atoms with E-state index in [1.807, 2.05) is 24.3 Å². The summed E-state index contributed by atoms with van der Waals surface area (Å²) in [5.74, 6) is 1.21. The molecule has 0 unspecified atom stereocenters. The summed E-state index contributed by atoms with van der Waals surface area (Å²) in [6.45, 7) is 0. The third-order valence-electron chi connectivity index (χ3n) is 3.54. The Morgan fingerprint density at radius 2 is 2.00 bits per heavy atom. The van der Waals surface area contributed by atoms with Gasteiger partial charge in [-0.15, -0.1) is 5.10 Å². The predicted molar refractivity (Wildman–Crippen MR) is 92.9 cm³/mol. The van der Waals surface area contributed by atoms with E-state index in [2.05, 4.69) is 31.4 Å². The minimum absolute atomic E-state index is 0.205. The molecular formula is C17H12N8. The summed E-state index contributed by atoms with van der Waals surface area (Å²) in [5.41, 5.74) is 8.52. The van der Waals surface area contributed by atoms with E-state index < -0.39 is 0 Å². The van der Waals surface area contributed by atoms with E-state index in [1.54, 1.807) is 30.5 Å². The second kappa shape index (κ2) is 5.90. The fraction of sp³-hybridized carbons (Fsp3) is 0. The van der Waals surface area contributed by atoms with Crippen LogP contribution < -0.4 is 11.1 Å². The number of benzene rings is 1. The molecule has 0 saturated carbocycles. The molecule has 8 heteroatoms. The summed E-state index contributed by atoms with van der Waals surface area (Å²) in [7, 11) is 0. The molecule has 1 aromatic carbocycles. The van der Waals surface area contributed by atoms with Crippen molar-refractivity contribution in [1.82, 2.24) is 24.6 Å². The normalized spacial score (nSPS) is 10.5. The fourth-order valence-electron chi connectivity index (χ4n) is 2.41. The van der Waals surface area contributed by atoms with Crippen LogP contribution in [0.1, 0.15) is 5.56 Å². The van der Waals surface area contributed by atoms with Crippen LogP contribution in [0.4, 0.5) is 17.7 Å². The van der Waals surface area contributed by atoms with Gasteiger partial charge in [0.25, 0.3) is 0 Å². The number of hydrogen-bond donors (Lipinski definition) is 2. The molecule has 0 aliphatic rings. The maximum atomic E-state index is 9.04. The van der Waals surface area contributed by atoms with Gasteiger partial charge in [-0.3, -0.25) is 0 Å². The van der Waals surface area contributed by atoms with E-state index >= 15 is 0 Å². The van der Waals surface area contributed by atoms with Crippen LogP contribution in [0.25, 0.3) is 16.9 Å². The Morgan fingerprint density at radius 3 is 2.80 bits per heavy atom. The number of anilines is 3. The number of nitriles is 1. The van der Waals surface area contributed by atoms with Gasteiger partial charge in [0.15, 0.2) is 5.65 Å². The minimum atomic E-state index is 0.205. The summed E-state index contributed by atoms with van der Waals surface area (Å²) >= 11 is 0. The highest BCUT2D eigenvalue weighted by Gasteiger charge is 2.11. The Morgan fingerprint density at radius 1 is 1.08 bits per heavy atom. The largest absolute Gasteiger partial charge is 0.368 e. The molecule has 4 rings (SSSR count). The standard InChI is InChI=1S/C17H12N8/c18-10-11-4-3-5-12(8-11)13-9-15-23-17(24-25(15)16(19)21-13)22-14-6-1-2-7-20-14/h1-9H,(H2,19,21)(H,20,22,24). The first-order valence-electron chi connectivity index (χ1n) is 7.45. The Bertz CT molecular complexity index is 1090. The monoisotopic (exact) mass is 328 g/mol. The van der Waals surface area contributed by atoms with Crippen molar-refractivity contribution in [2.45, 2.75) is 0 Å². The molecule has 0 atom stereocenters. The van der Waals surface area contributed by atoms with Crippen LogP contribution >= 0.6 is 0 Å². The quantitative estimate of drug-likeness (QED) is 0.592. The van der Waals surface area contributed by atoms with Crippen LogP contribution in [-0.2, 0) is 0 Å². The Hall–Kier alpha value is -3.99. The molecule has 120 valence electrons. The molecule has 0 aliphatic carbocycles. The molecular weight excluding hydrogens is 316 g/mol. The third kappa shape index (κ3) is 2.82. The van der Waals surface area contributed by atoms with Crippen LogP contribution in [0.3, 0.4) is 0 Å². The molecule has 0 spiro atoms. The summed E-state index contributed by atoms with van der Waals surface area (Å²) in [6, 6.07) is 16.5.